The van der Waals surface area contributed by atoms with Gasteiger partial charge < -0.3 is 14.2 Å². The van der Waals surface area contributed by atoms with Crippen molar-refractivity contribution in [2.45, 2.75) is 17.7 Å². The van der Waals surface area contributed by atoms with Crippen LogP contribution >= 0.6 is 0 Å². The highest BCUT2D eigenvalue weighted by Crippen LogP contribution is 2.32. The first-order chi connectivity index (χ1) is 15.4. The Labute approximate surface area is 188 Å². The van der Waals surface area contributed by atoms with Crippen molar-refractivity contribution in [3.63, 3.8) is 0 Å². The minimum Gasteiger partial charge on any atom is -0.497 e. The summed E-state index contributed by atoms with van der Waals surface area (Å²) in [6, 6.07) is 11.8. The molecule has 1 heterocycles. The van der Waals surface area contributed by atoms with Crippen LogP contribution in [0.3, 0.4) is 0 Å². The maximum absolute atomic E-state index is 13.0. The molecule has 9 nitrogen and oxygen atoms in total. The molecule has 32 heavy (non-hydrogen) atoms. The molecule has 1 amide bonds. The first-order valence-corrected chi connectivity index (χ1v) is 11.5. The summed E-state index contributed by atoms with van der Waals surface area (Å²) in [7, 11) is 0.833. The molecule has 0 bridgehead atoms. The molecule has 0 atom stereocenters. The van der Waals surface area contributed by atoms with E-state index in [9.17, 15) is 13.2 Å². The SMILES string of the molecule is COc1ccc(/C=N\NC(=O)C2CCN(S(=O)(=O)c3ccc(OC)c(OC)c3)CC2)cc1. The Hall–Kier alpha value is -3.11. The molecule has 1 fully saturated rings. The smallest absolute Gasteiger partial charge is 0.243 e. The molecule has 0 spiro atoms. The lowest BCUT2D eigenvalue weighted by Crippen LogP contribution is -2.42. The zero-order valence-electron chi connectivity index (χ0n) is 18.3. The number of methoxy groups -OCH3 is 3. The standard InChI is InChI=1S/C22H27N3O6S/c1-29-18-6-4-16(5-7-18)15-23-24-22(26)17-10-12-25(13-11-17)32(27,28)19-8-9-20(30-2)21(14-19)31-3/h4-9,14-15,17H,10-13H2,1-3H3,(H,24,26)/b23-15-. The fourth-order valence-corrected chi connectivity index (χ4v) is 4.92. The average Bonchev–Trinajstić information content (AvgIpc) is 2.83. The second-order valence-electron chi connectivity index (χ2n) is 7.20. The zero-order chi connectivity index (χ0) is 23.1. The number of rotatable bonds is 8. The minimum atomic E-state index is -3.70. The van der Waals surface area contributed by atoms with Crippen molar-refractivity contribution in [3.8, 4) is 17.2 Å². The van der Waals surface area contributed by atoms with Crippen LogP contribution in [0, 0.1) is 5.92 Å². The monoisotopic (exact) mass is 461 g/mol. The van der Waals surface area contributed by atoms with Gasteiger partial charge in [-0.05, 0) is 54.8 Å². The molecule has 2 aromatic rings. The molecule has 0 saturated carbocycles. The van der Waals surface area contributed by atoms with Crippen molar-refractivity contribution in [2.24, 2.45) is 11.0 Å². The number of hydrogen-bond acceptors (Lipinski definition) is 7. The maximum Gasteiger partial charge on any atom is 0.243 e. The molecule has 0 aromatic heterocycles. The van der Waals surface area contributed by atoms with Gasteiger partial charge in [0.2, 0.25) is 15.9 Å². The Morgan fingerprint density at radius 2 is 1.66 bits per heavy atom. The van der Waals surface area contributed by atoms with Crippen LogP contribution in [0.2, 0.25) is 0 Å². The van der Waals surface area contributed by atoms with Crippen LogP contribution in [0.4, 0.5) is 0 Å². The molecule has 172 valence electrons. The molecule has 1 aliphatic rings. The average molecular weight is 462 g/mol. The van der Waals surface area contributed by atoms with Crippen molar-refractivity contribution in [2.75, 3.05) is 34.4 Å². The molecule has 2 aromatic carbocycles. The molecule has 0 radical (unpaired) electrons. The second kappa shape index (κ2) is 10.5. The first kappa shape index (κ1) is 23.6. The van der Waals surface area contributed by atoms with Gasteiger partial charge in [0, 0.05) is 25.1 Å². The van der Waals surface area contributed by atoms with Crippen LogP contribution in [0.5, 0.6) is 17.2 Å². The fraction of sp³-hybridized carbons (Fsp3) is 0.364. The highest BCUT2D eigenvalue weighted by molar-refractivity contribution is 7.89. The van der Waals surface area contributed by atoms with E-state index in [0.717, 1.165) is 11.3 Å². The number of nitrogens with one attached hydrogen (secondary N) is 1. The third kappa shape index (κ3) is 5.38. The van der Waals surface area contributed by atoms with E-state index in [0.29, 0.717) is 24.3 Å². The largest absolute Gasteiger partial charge is 0.497 e. The van der Waals surface area contributed by atoms with Gasteiger partial charge in [-0.3, -0.25) is 4.79 Å². The van der Waals surface area contributed by atoms with E-state index >= 15 is 0 Å². The van der Waals surface area contributed by atoms with Crippen LogP contribution in [0.1, 0.15) is 18.4 Å². The molecule has 3 rings (SSSR count). The van der Waals surface area contributed by atoms with Gasteiger partial charge in [0.05, 0.1) is 32.4 Å². The summed E-state index contributed by atoms with van der Waals surface area (Å²) < 4.78 is 42.9. The van der Waals surface area contributed by atoms with Crippen LogP contribution in [-0.2, 0) is 14.8 Å². The van der Waals surface area contributed by atoms with Crippen LogP contribution in [0.25, 0.3) is 0 Å². The number of hydrogen-bond donors (Lipinski definition) is 1. The zero-order valence-corrected chi connectivity index (χ0v) is 19.1. The third-order valence-electron chi connectivity index (χ3n) is 5.32. The number of nitrogens with zero attached hydrogens (tertiary/aromatic N) is 2. The summed E-state index contributed by atoms with van der Waals surface area (Å²) in [5.74, 6) is 1.01. The van der Waals surface area contributed by atoms with Gasteiger partial charge in [-0.2, -0.15) is 9.41 Å². The van der Waals surface area contributed by atoms with Crippen LogP contribution in [0.15, 0.2) is 52.5 Å². The number of ether oxygens (including phenoxy) is 3. The van der Waals surface area contributed by atoms with E-state index in [4.69, 9.17) is 14.2 Å². The fourth-order valence-electron chi connectivity index (χ4n) is 3.44. The molecular weight excluding hydrogens is 434 g/mol. The quantitative estimate of drug-likeness (QED) is 0.477. The number of carbonyl (C=O) groups is 1. The Morgan fingerprint density at radius 3 is 2.25 bits per heavy atom. The Balaban J connectivity index is 1.56. The molecule has 1 aliphatic heterocycles. The molecule has 0 unspecified atom stereocenters. The number of hydrazone groups is 1. The van der Waals surface area contributed by atoms with Crippen molar-refractivity contribution in [1.29, 1.82) is 0 Å². The topological polar surface area (TPSA) is 107 Å². The minimum absolute atomic E-state index is 0.127. The van der Waals surface area contributed by atoms with E-state index in [-0.39, 0.29) is 29.8 Å². The summed E-state index contributed by atoms with van der Waals surface area (Å²) in [6.07, 6.45) is 2.38. The number of amides is 1. The van der Waals surface area contributed by atoms with Crippen LogP contribution < -0.4 is 19.6 Å². The van der Waals surface area contributed by atoms with Gasteiger partial charge >= 0.3 is 0 Å². The Kier molecular flexibility index (Phi) is 7.70. The van der Waals surface area contributed by atoms with Crippen molar-refractivity contribution < 1.29 is 27.4 Å². The Morgan fingerprint density at radius 1 is 1.00 bits per heavy atom. The van der Waals surface area contributed by atoms with Gasteiger partial charge in [-0.15, -0.1) is 0 Å². The van der Waals surface area contributed by atoms with Gasteiger partial charge in [0.25, 0.3) is 0 Å². The summed E-state index contributed by atoms with van der Waals surface area (Å²) in [5, 5.41) is 4.00. The molecule has 10 heteroatoms. The molecular formula is C22H27N3O6S. The number of sulfonamides is 1. The van der Waals surface area contributed by atoms with E-state index in [1.807, 2.05) is 12.1 Å². The predicted molar refractivity (Wildman–Crippen MR) is 120 cm³/mol. The summed E-state index contributed by atoms with van der Waals surface area (Å²) >= 11 is 0. The molecule has 0 aliphatic carbocycles. The van der Waals surface area contributed by atoms with E-state index in [1.54, 1.807) is 31.5 Å². The Bertz CT molecular complexity index is 1060. The lowest BCUT2D eigenvalue weighted by molar-refractivity contribution is -0.126. The number of piperidine rings is 1. The van der Waals surface area contributed by atoms with Crippen molar-refractivity contribution in [3.05, 3.63) is 48.0 Å². The summed E-state index contributed by atoms with van der Waals surface area (Å²) in [4.78, 5) is 12.6. The summed E-state index contributed by atoms with van der Waals surface area (Å²) in [6.45, 7) is 0.494. The lowest BCUT2D eigenvalue weighted by Gasteiger charge is -2.30. The highest BCUT2D eigenvalue weighted by atomic mass is 32.2. The third-order valence-corrected chi connectivity index (χ3v) is 7.22. The predicted octanol–water partition coefficient (Wildman–Crippen LogP) is 2.26. The van der Waals surface area contributed by atoms with Crippen LogP contribution in [-0.4, -0.2) is 59.3 Å². The molecule has 1 saturated heterocycles. The number of carbonyl (C=O) groups excluding carboxylic acids is 1. The highest BCUT2D eigenvalue weighted by Gasteiger charge is 2.32. The van der Waals surface area contributed by atoms with Gasteiger partial charge in [0.1, 0.15) is 5.75 Å². The maximum atomic E-state index is 13.0. The van der Waals surface area contributed by atoms with Crippen molar-refractivity contribution in [1.82, 2.24) is 9.73 Å². The van der Waals surface area contributed by atoms with Gasteiger partial charge in [-0.1, -0.05) is 0 Å². The number of benzene rings is 2. The second-order valence-corrected chi connectivity index (χ2v) is 9.14. The summed E-state index contributed by atoms with van der Waals surface area (Å²) in [5.41, 5.74) is 3.36. The first-order valence-electron chi connectivity index (χ1n) is 10.1. The van der Waals surface area contributed by atoms with E-state index < -0.39 is 10.0 Å². The van der Waals surface area contributed by atoms with Gasteiger partial charge in [0.15, 0.2) is 11.5 Å². The molecule has 1 N–H and O–H groups in total. The normalized spacial score (nSPS) is 15.5. The van der Waals surface area contributed by atoms with E-state index in [1.165, 1.54) is 30.7 Å². The lowest BCUT2D eigenvalue weighted by atomic mass is 9.98. The van der Waals surface area contributed by atoms with Gasteiger partial charge in [-0.25, -0.2) is 13.8 Å². The van der Waals surface area contributed by atoms with E-state index in [2.05, 4.69) is 10.5 Å². The van der Waals surface area contributed by atoms with Crippen molar-refractivity contribution >= 4 is 22.1 Å².